The summed E-state index contributed by atoms with van der Waals surface area (Å²) < 4.78 is 0. The Labute approximate surface area is 142 Å². The summed E-state index contributed by atoms with van der Waals surface area (Å²) in [7, 11) is 0. The van der Waals surface area contributed by atoms with Crippen LogP contribution in [0.4, 0.5) is 11.4 Å². The number of anilines is 2. The largest absolute Gasteiger partial charge is 0.394 e. The van der Waals surface area contributed by atoms with E-state index in [2.05, 4.69) is 20.7 Å². The maximum atomic E-state index is 8.93. The van der Waals surface area contributed by atoms with Crippen molar-refractivity contribution in [2.24, 2.45) is 0 Å². The minimum atomic E-state index is -0.0449. The monoisotopic (exact) mass is 349 g/mol. The third-order valence-electron chi connectivity index (χ3n) is 3.06. The van der Waals surface area contributed by atoms with Crippen LogP contribution in [0.5, 0.6) is 0 Å². The maximum absolute atomic E-state index is 8.93. The van der Waals surface area contributed by atoms with E-state index in [0.717, 1.165) is 16.9 Å². The highest BCUT2D eigenvalue weighted by molar-refractivity contribution is 6.35. The molecular formula is C15H13Cl2N5O. The van der Waals surface area contributed by atoms with Crippen molar-refractivity contribution in [2.75, 3.05) is 11.9 Å². The number of aliphatic hydroxyl groups is 1. The molecule has 8 heteroatoms. The van der Waals surface area contributed by atoms with Crippen LogP contribution in [0.1, 0.15) is 0 Å². The van der Waals surface area contributed by atoms with Gasteiger partial charge in [0.05, 0.1) is 13.2 Å². The van der Waals surface area contributed by atoms with Gasteiger partial charge >= 0.3 is 0 Å². The van der Waals surface area contributed by atoms with Gasteiger partial charge in [0.15, 0.2) is 0 Å². The second-order valence-corrected chi connectivity index (χ2v) is 5.63. The standard InChI is InChI=1S/C15H13Cl2N5O/c16-10-7-11(17)9-12(8-10)18-14-4-2-1-3-13(14)15-19-21-22(20-15)5-6-23/h1-4,7-9,18,23H,5-6H2. The van der Waals surface area contributed by atoms with Gasteiger partial charge in [-0.05, 0) is 35.5 Å². The van der Waals surface area contributed by atoms with Crippen LogP contribution in [0.2, 0.25) is 10.0 Å². The number of rotatable bonds is 5. The molecule has 0 fully saturated rings. The highest BCUT2D eigenvalue weighted by Crippen LogP contribution is 2.30. The number of tetrazole rings is 1. The first-order valence-corrected chi connectivity index (χ1v) is 7.62. The van der Waals surface area contributed by atoms with Gasteiger partial charge in [0.1, 0.15) is 0 Å². The van der Waals surface area contributed by atoms with Crippen LogP contribution in [-0.2, 0) is 6.54 Å². The van der Waals surface area contributed by atoms with Crippen LogP contribution in [0, 0.1) is 0 Å². The topological polar surface area (TPSA) is 75.9 Å². The molecule has 23 heavy (non-hydrogen) atoms. The van der Waals surface area contributed by atoms with Crippen molar-refractivity contribution in [3.8, 4) is 11.4 Å². The van der Waals surface area contributed by atoms with E-state index in [1.807, 2.05) is 24.3 Å². The number of nitrogens with zero attached hydrogens (tertiary/aromatic N) is 4. The molecular weight excluding hydrogens is 337 g/mol. The third-order valence-corrected chi connectivity index (χ3v) is 3.50. The lowest BCUT2D eigenvalue weighted by atomic mass is 10.1. The minimum Gasteiger partial charge on any atom is -0.394 e. The number of aromatic nitrogens is 4. The van der Waals surface area contributed by atoms with Crippen molar-refractivity contribution in [2.45, 2.75) is 6.54 Å². The average Bonchev–Trinajstić information content (AvgIpc) is 2.95. The van der Waals surface area contributed by atoms with Crippen LogP contribution in [0.25, 0.3) is 11.4 Å². The van der Waals surface area contributed by atoms with Gasteiger partial charge in [-0.15, -0.1) is 10.2 Å². The zero-order valence-electron chi connectivity index (χ0n) is 11.9. The van der Waals surface area contributed by atoms with Crippen molar-refractivity contribution in [1.29, 1.82) is 0 Å². The Hall–Kier alpha value is -2.15. The average molecular weight is 350 g/mol. The van der Waals surface area contributed by atoms with Crippen LogP contribution < -0.4 is 5.32 Å². The lowest BCUT2D eigenvalue weighted by molar-refractivity contribution is 0.259. The Morgan fingerprint density at radius 3 is 2.57 bits per heavy atom. The summed E-state index contributed by atoms with van der Waals surface area (Å²) in [5.74, 6) is 0.467. The van der Waals surface area contributed by atoms with E-state index in [0.29, 0.717) is 22.4 Å². The molecule has 1 aromatic heterocycles. The predicted octanol–water partition coefficient (Wildman–Crippen LogP) is 3.38. The lowest BCUT2D eigenvalue weighted by Gasteiger charge is -2.10. The number of nitrogens with one attached hydrogen (secondary N) is 1. The molecule has 118 valence electrons. The van der Waals surface area contributed by atoms with E-state index in [4.69, 9.17) is 28.3 Å². The number of para-hydroxylation sites is 1. The molecule has 6 nitrogen and oxygen atoms in total. The first-order valence-electron chi connectivity index (χ1n) is 6.87. The summed E-state index contributed by atoms with van der Waals surface area (Å²) in [6.45, 7) is 0.253. The molecule has 0 radical (unpaired) electrons. The molecule has 1 heterocycles. The van der Waals surface area contributed by atoms with Gasteiger partial charge < -0.3 is 10.4 Å². The molecule has 0 aliphatic heterocycles. The van der Waals surface area contributed by atoms with Crippen LogP contribution in [-0.4, -0.2) is 31.9 Å². The van der Waals surface area contributed by atoms with Gasteiger partial charge in [-0.1, -0.05) is 35.3 Å². The molecule has 2 N–H and O–H groups in total. The Kier molecular flexibility index (Phi) is 4.76. The number of hydrogen-bond acceptors (Lipinski definition) is 5. The smallest absolute Gasteiger partial charge is 0.207 e. The first kappa shape index (κ1) is 15.7. The summed E-state index contributed by atoms with van der Waals surface area (Å²) in [5, 5.41) is 25.5. The highest BCUT2D eigenvalue weighted by Gasteiger charge is 2.11. The fourth-order valence-electron chi connectivity index (χ4n) is 2.10. The van der Waals surface area contributed by atoms with E-state index < -0.39 is 0 Å². The van der Waals surface area contributed by atoms with Gasteiger partial charge in [0.2, 0.25) is 5.82 Å². The van der Waals surface area contributed by atoms with Crippen molar-refractivity contribution in [1.82, 2.24) is 20.2 Å². The van der Waals surface area contributed by atoms with E-state index >= 15 is 0 Å². The van der Waals surface area contributed by atoms with Gasteiger partial charge in [0, 0.05) is 27.0 Å². The number of benzene rings is 2. The fourth-order valence-corrected chi connectivity index (χ4v) is 2.63. The zero-order chi connectivity index (χ0) is 16.2. The zero-order valence-corrected chi connectivity index (χ0v) is 13.5. The lowest BCUT2D eigenvalue weighted by Crippen LogP contribution is -2.05. The summed E-state index contributed by atoms with van der Waals surface area (Å²) in [5.41, 5.74) is 2.35. The van der Waals surface area contributed by atoms with E-state index in [-0.39, 0.29) is 6.61 Å². The quantitative estimate of drug-likeness (QED) is 0.738. The molecule has 3 aromatic rings. The van der Waals surface area contributed by atoms with Crippen molar-refractivity contribution < 1.29 is 5.11 Å². The second kappa shape index (κ2) is 6.95. The molecule has 2 aromatic carbocycles. The van der Waals surface area contributed by atoms with E-state index in [9.17, 15) is 0 Å². The molecule has 3 rings (SSSR count). The number of aliphatic hydroxyl groups excluding tert-OH is 1. The molecule has 0 aliphatic rings. The molecule has 0 saturated heterocycles. The molecule has 0 aliphatic carbocycles. The predicted molar refractivity (Wildman–Crippen MR) is 90.1 cm³/mol. The summed E-state index contributed by atoms with van der Waals surface area (Å²) in [6, 6.07) is 12.8. The normalized spacial score (nSPS) is 10.7. The molecule has 0 unspecified atom stereocenters. The molecule has 0 saturated carbocycles. The van der Waals surface area contributed by atoms with Crippen molar-refractivity contribution in [3.05, 3.63) is 52.5 Å². The molecule has 0 atom stereocenters. The number of hydrogen-bond donors (Lipinski definition) is 2. The van der Waals surface area contributed by atoms with Crippen molar-refractivity contribution >= 4 is 34.6 Å². The SMILES string of the molecule is OCCn1nnc(-c2ccccc2Nc2cc(Cl)cc(Cl)c2)n1. The van der Waals surface area contributed by atoms with E-state index in [1.54, 1.807) is 18.2 Å². The van der Waals surface area contributed by atoms with Crippen LogP contribution in [0.3, 0.4) is 0 Å². The van der Waals surface area contributed by atoms with Gasteiger partial charge in [-0.2, -0.15) is 4.80 Å². The molecule has 0 amide bonds. The van der Waals surface area contributed by atoms with Gasteiger partial charge in [-0.25, -0.2) is 0 Å². The van der Waals surface area contributed by atoms with Gasteiger partial charge in [0.25, 0.3) is 0 Å². The summed E-state index contributed by atoms with van der Waals surface area (Å²) >= 11 is 12.1. The maximum Gasteiger partial charge on any atom is 0.207 e. The highest BCUT2D eigenvalue weighted by atomic mass is 35.5. The Balaban J connectivity index is 1.93. The fraction of sp³-hybridized carbons (Fsp3) is 0.133. The first-order chi connectivity index (χ1) is 11.2. The Morgan fingerprint density at radius 2 is 1.83 bits per heavy atom. The van der Waals surface area contributed by atoms with Crippen LogP contribution in [0.15, 0.2) is 42.5 Å². The second-order valence-electron chi connectivity index (χ2n) is 4.76. The summed E-state index contributed by atoms with van der Waals surface area (Å²) in [4.78, 5) is 1.35. The van der Waals surface area contributed by atoms with Crippen LogP contribution >= 0.6 is 23.2 Å². The summed E-state index contributed by atoms with van der Waals surface area (Å²) in [6.07, 6.45) is 0. The molecule has 0 bridgehead atoms. The third kappa shape index (κ3) is 3.79. The van der Waals surface area contributed by atoms with Gasteiger partial charge in [-0.3, -0.25) is 0 Å². The Morgan fingerprint density at radius 1 is 1.09 bits per heavy atom. The number of halogens is 2. The van der Waals surface area contributed by atoms with Crippen molar-refractivity contribution in [3.63, 3.8) is 0 Å². The Bertz CT molecular complexity index is 801. The molecule has 0 spiro atoms. The minimum absolute atomic E-state index is 0.0449. The van der Waals surface area contributed by atoms with E-state index in [1.165, 1.54) is 4.80 Å².